The van der Waals surface area contributed by atoms with Crippen molar-refractivity contribution in [2.45, 2.75) is 25.4 Å². The highest BCUT2D eigenvalue weighted by Crippen LogP contribution is 2.42. The Labute approximate surface area is 228 Å². The molecule has 37 heavy (non-hydrogen) atoms. The van der Waals surface area contributed by atoms with Crippen LogP contribution >= 0.6 is 27.3 Å². The smallest absolute Gasteiger partial charge is 0.573 e. The molecule has 0 N–H and O–H groups in total. The van der Waals surface area contributed by atoms with Crippen LogP contribution in [-0.4, -0.2) is 39.7 Å². The van der Waals surface area contributed by atoms with Crippen molar-refractivity contribution in [2.75, 3.05) is 17.9 Å². The van der Waals surface area contributed by atoms with Gasteiger partial charge in [-0.15, -0.1) is 24.5 Å². The van der Waals surface area contributed by atoms with Gasteiger partial charge in [0.2, 0.25) is 0 Å². The molecule has 0 aliphatic heterocycles. The molecule has 0 saturated heterocycles. The summed E-state index contributed by atoms with van der Waals surface area (Å²) in [6.07, 6.45) is -4.36. The molecule has 0 fully saturated rings. The fourth-order valence-corrected chi connectivity index (χ4v) is 6.90. The first-order chi connectivity index (χ1) is 17.6. The zero-order valence-corrected chi connectivity index (χ0v) is 22.9. The van der Waals surface area contributed by atoms with Gasteiger partial charge in [0.25, 0.3) is 0 Å². The number of benzene rings is 3. The van der Waals surface area contributed by atoms with Gasteiger partial charge in [0.05, 0.1) is 4.47 Å². The molecule has 0 saturated carbocycles. The summed E-state index contributed by atoms with van der Waals surface area (Å²) in [5.74, 6) is -0.304. The van der Waals surface area contributed by atoms with E-state index < -0.39 is 17.6 Å². The minimum absolute atomic E-state index is 0.145. The first-order valence-electron chi connectivity index (χ1n) is 11.2. The fraction of sp³-hybridized carbons (Fsp3) is 0.231. The van der Waals surface area contributed by atoms with Crippen LogP contribution in [0.2, 0.25) is 0 Å². The van der Waals surface area contributed by atoms with Gasteiger partial charge in [-0.05, 0) is 58.7 Å². The van der Waals surface area contributed by atoms with E-state index in [4.69, 9.17) is 0 Å². The molecule has 2 atom stereocenters. The molecule has 3 aromatic carbocycles. The zero-order valence-electron chi connectivity index (χ0n) is 19.7. The van der Waals surface area contributed by atoms with E-state index in [-0.39, 0.29) is 18.3 Å². The summed E-state index contributed by atoms with van der Waals surface area (Å²) in [6.45, 7) is 0.708. The molecular weight excluding hydrogens is 589 g/mol. The number of thiophene rings is 1. The average molecular weight is 613 g/mol. The third kappa shape index (κ3) is 7.32. The Kier molecular flexibility index (Phi) is 8.91. The van der Waals surface area contributed by atoms with Gasteiger partial charge in [0, 0.05) is 40.5 Å². The summed E-state index contributed by atoms with van der Waals surface area (Å²) < 4.78 is 69.5. The van der Waals surface area contributed by atoms with Crippen molar-refractivity contribution in [1.82, 2.24) is 4.90 Å². The maximum atomic E-state index is 12.6. The largest absolute Gasteiger partial charge is 0.755 e. The van der Waals surface area contributed by atoms with Crippen LogP contribution in [0.5, 0.6) is 5.75 Å². The van der Waals surface area contributed by atoms with Gasteiger partial charge < -0.3 is 9.29 Å². The number of likely N-dealkylation sites (N-methyl/N-ethyl adjacent to an activating group) is 1. The van der Waals surface area contributed by atoms with Crippen molar-refractivity contribution in [3.05, 3.63) is 94.5 Å². The lowest BCUT2D eigenvalue weighted by Gasteiger charge is -2.35. The summed E-state index contributed by atoms with van der Waals surface area (Å²) in [7, 11) is 1.91. The van der Waals surface area contributed by atoms with E-state index in [0.29, 0.717) is 22.4 Å². The number of nitrogens with zero attached hydrogens (tertiary/aromatic N) is 2. The number of halogens is 4. The van der Waals surface area contributed by atoms with Gasteiger partial charge >= 0.3 is 6.36 Å². The predicted molar refractivity (Wildman–Crippen MR) is 144 cm³/mol. The number of anilines is 1. The summed E-state index contributed by atoms with van der Waals surface area (Å²) in [6, 6.07) is 22.8. The Balaban J connectivity index is 1.62. The molecule has 0 aliphatic rings. The summed E-state index contributed by atoms with van der Waals surface area (Å²) in [5.41, 5.74) is 1.81. The van der Waals surface area contributed by atoms with Crippen molar-refractivity contribution >= 4 is 53.6 Å². The Bertz CT molecular complexity index is 1350. The molecule has 0 radical (unpaired) electrons. The van der Waals surface area contributed by atoms with Gasteiger partial charge in [0.15, 0.2) is 0 Å². The summed E-state index contributed by atoms with van der Waals surface area (Å²) in [5, 5.41) is 1.49. The molecule has 1 heterocycles. The Morgan fingerprint density at radius 1 is 1.00 bits per heavy atom. The van der Waals surface area contributed by atoms with Gasteiger partial charge in [-0.25, -0.2) is 0 Å². The molecule has 5 nitrogen and oxygen atoms in total. The highest BCUT2D eigenvalue weighted by Gasteiger charge is 2.31. The first-order valence-corrected chi connectivity index (χ1v) is 13.9. The van der Waals surface area contributed by atoms with E-state index in [1.807, 2.05) is 61.6 Å². The van der Waals surface area contributed by atoms with Crippen LogP contribution in [0.4, 0.5) is 18.2 Å². The number of hydrogen-bond donors (Lipinski definition) is 0. The summed E-state index contributed by atoms with van der Waals surface area (Å²) in [4.78, 5) is 2.05. The van der Waals surface area contributed by atoms with Crippen molar-refractivity contribution in [3.8, 4) is 5.75 Å². The Morgan fingerprint density at radius 2 is 1.65 bits per heavy atom. The molecule has 11 heteroatoms. The second-order valence-electron chi connectivity index (χ2n) is 8.45. The lowest BCUT2D eigenvalue weighted by Crippen LogP contribution is -2.44. The van der Waals surface area contributed by atoms with E-state index in [2.05, 4.69) is 25.6 Å². The van der Waals surface area contributed by atoms with Crippen LogP contribution in [0.3, 0.4) is 0 Å². The van der Waals surface area contributed by atoms with Crippen molar-refractivity contribution in [3.63, 3.8) is 0 Å². The number of hydrogen-bond acceptors (Lipinski definition) is 5. The molecule has 4 rings (SSSR count). The minimum atomic E-state index is -4.77. The highest BCUT2D eigenvalue weighted by molar-refractivity contribution is 9.10. The van der Waals surface area contributed by atoms with E-state index in [1.54, 1.807) is 12.1 Å². The normalized spacial score (nSPS) is 13.6. The second kappa shape index (κ2) is 12.0. The van der Waals surface area contributed by atoms with Crippen LogP contribution in [-0.2, 0) is 24.2 Å². The highest BCUT2D eigenvalue weighted by atomic mass is 79.9. The van der Waals surface area contributed by atoms with Crippen LogP contribution in [0.15, 0.2) is 83.3 Å². The topological polar surface area (TPSA) is 55.8 Å². The Morgan fingerprint density at radius 3 is 2.27 bits per heavy atom. The van der Waals surface area contributed by atoms with Gasteiger partial charge in [-0.3, -0.25) is 13.4 Å². The maximum Gasteiger partial charge on any atom is 0.573 e. The van der Waals surface area contributed by atoms with Crippen molar-refractivity contribution < 1.29 is 26.7 Å². The molecule has 4 aromatic rings. The zero-order chi connectivity index (χ0) is 26.6. The van der Waals surface area contributed by atoms with Crippen LogP contribution in [0.25, 0.3) is 10.1 Å². The minimum Gasteiger partial charge on any atom is -0.755 e. The standard InChI is InChI=1S/C26H24BrF3N2O3S2/c1-31(16-19-7-3-2-4-8-19)20(15-18-11-13-21(14-12-18)35-26(28,29)30)17-32(37(33)34)25-24(27)22-9-5-6-10-23(22)36-25/h2-14,20H,15-17H2,1H3,(H,33,34)/p-1. The van der Waals surface area contributed by atoms with E-state index in [0.717, 1.165) is 21.2 Å². The SMILES string of the molecule is CN(Cc1ccccc1)C(Cc1ccc(OC(F)(F)F)cc1)CN(c1sc2ccccc2c1Br)S(=O)[O-]. The second-order valence-corrected chi connectivity index (χ2v) is 11.1. The van der Waals surface area contributed by atoms with E-state index in [9.17, 15) is 21.9 Å². The van der Waals surface area contributed by atoms with Gasteiger partial charge in [-0.1, -0.05) is 60.7 Å². The predicted octanol–water partition coefficient (Wildman–Crippen LogP) is 6.91. The molecule has 0 aliphatic carbocycles. The van der Waals surface area contributed by atoms with Gasteiger partial charge in [-0.2, -0.15) is 0 Å². The monoisotopic (exact) mass is 611 g/mol. The molecule has 0 bridgehead atoms. The van der Waals surface area contributed by atoms with Crippen molar-refractivity contribution in [1.29, 1.82) is 0 Å². The third-order valence-electron chi connectivity index (χ3n) is 5.83. The summed E-state index contributed by atoms with van der Waals surface area (Å²) >= 11 is 2.40. The van der Waals surface area contributed by atoms with E-state index >= 15 is 0 Å². The Hall–Kier alpha value is -2.44. The molecule has 1 aromatic heterocycles. The van der Waals surface area contributed by atoms with Crippen molar-refractivity contribution in [2.24, 2.45) is 0 Å². The third-order valence-corrected chi connectivity index (χ3v) is 8.89. The molecule has 2 unspecified atom stereocenters. The lowest BCUT2D eigenvalue weighted by atomic mass is 10.0. The fourth-order valence-electron chi connectivity index (χ4n) is 4.02. The van der Waals surface area contributed by atoms with Crippen LogP contribution < -0.4 is 9.04 Å². The average Bonchev–Trinajstić information content (AvgIpc) is 3.18. The quantitative estimate of drug-likeness (QED) is 0.183. The molecule has 196 valence electrons. The van der Waals surface area contributed by atoms with Crippen LogP contribution in [0, 0.1) is 0 Å². The number of rotatable bonds is 10. The van der Waals surface area contributed by atoms with Crippen LogP contribution in [0.1, 0.15) is 11.1 Å². The molecule has 0 spiro atoms. The lowest BCUT2D eigenvalue weighted by molar-refractivity contribution is -0.274. The number of fused-ring (bicyclic) bond motifs is 1. The van der Waals surface area contributed by atoms with E-state index in [1.165, 1.54) is 27.8 Å². The molecule has 0 amide bonds. The molecular formula is C26H23BrF3N2O3S2-. The van der Waals surface area contributed by atoms with Gasteiger partial charge in [0.1, 0.15) is 10.8 Å². The first kappa shape index (κ1) is 27.6. The number of ether oxygens (including phenoxy) is 1. The maximum absolute atomic E-state index is 12.6. The number of alkyl halides is 3.